The van der Waals surface area contributed by atoms with Gasteiger partial charge in [-0.05, 0) is 31.2 Å². The molecule has 1 rings (SSSR count). The van der Waals surface area contributed by atoms with E-state index in [1.165, 1.54) is 6.42 Å². The van der Waals surface area contributed by atoms with Crippen molar-refractivity contribution in [3.63, 3.8) is 0 Å². The molecule has 0 saturated carbocycles. The molecule has 0 saturated heterocycles. The Kier molecular flexibility index (Phi) is 6.65. The lowest BCUT2D eigenvalue weighted by molar-refractivity contribution is -0.385. The van der Waals surface area contributed by atoms with E-state index >= 15 is 0 Å². The summed E-state index contributed by atoms with van der Waals surface area (Å²) in [7, 11) is 0. The molecule has 4 nitrogen and oxygen atoms in total. The molecule has 0 heterocycles. The molecule has 1 aromatic rings. The van der Waals surface area contributed by atoms with Gasteiger partial charge < -0.3 is 5.32 Å². The average molecular weight is 278 g/mol. The number of benzene rings is 1. The monoisotopic (exact) mass is 278 g/mol. The zero-order chi connectivity index (χ0) is 15.1. The van der Waals surface area contributed by atoms with Crippen molar-refractivity contribution < 1.29 is 4.92 Å². The fourth-order valence-electron chi connectivity index (χ4n) is 2.36. The highest BCUT2D eigenvalue weighted by Crippen LogP contribution is 2.21. The first-order valence-electron chi connectivity index (χ1n) is 7.45. The molecule has 0 fully saturated rings. The summed E-state index contributed by atoms with van der Waals surface area (Å²) in [6, 6.07) is 5.77. The van der Waals surface area contributed by atoms with Gasteiger partial charge >= 0.3 is 0 Å². The second-order valence-corrected chi connectivity index (χ2v) is 5.55. The lowest BCUT2D eigenvalue weighted by atomic mass is 9.97. The standard InChI is InChI=1S/C16H26N2O2/c1-5-12(3)10-15(6-2)17-11-14-8-7-9-16(13(14)4)18(19)20/h7-9,12,15,17H,5-6,10-11H2,1-4H3. The van der Waals surface area contributed by atoms with Crippen molar-refractivity contribution in [1.29, 1.82) is 0 Å². The lowest BCUT2D eigenvalue weighted by Crippen LogP contribution is -2.30. The van der Waals surface area contributed by atoms with Gasteiger partial charge in [0.15, 0.2) is 0 Å². The highest BCUT2D eigenvalue weighted by Gasteiger charge is 2.15. The van der Waals surface area contributed by atoms with Crippen molar-refractivity contribution >= 4 is 5.69 Å². The molecule has 2 atom stereocenters. The highest BCUT2D eigenvalue weighted by atomic mass is 16.6. The minimum absolute atomic E-state index is 0.208. The smallest absolute Gasteiger partial charge is 0.272 e. The third-order valence-electron chi connectivity index (χ3n) is 4.07. The Labute approximate surface area is 121 Å². The lowest BCUT2D eigenvalue weighted by Gasteiger charge is -2.21. The Bertz CT molecular complexity index is 446. The van der Waals surface area contributed by atoms with Crippen molar-refractivity contribution in [3.8, 4) is 0 Å². The van der Waals surface area contributed by atoms with Crippen LogP contribution in [0.5, 0.6) is 0 Å². The topological polar surface area (TPSA) is 55.2 Å². The maximum atomic E-state index is 10.9. The van der Waals surface area contributed by atoms with Crippen LogP contribution < -0.4 is 5.32 Å². The SMILES string of the molecule is CCC(C)CC(CC)NCc1cccc([N+](=O)[O-])c1C. The van der Waals surface area contributed by atoms with Gasteiger partial charge in [0.2, 0.25) is 0 Å². The first-order valence-corrected chi connectivity index (χ1v) is 7.45. The highest BCUT2D eigenvalue weighted by molar-refractivity contribution is 5.44. The molecule has 0 aromatic heterocycles. The Morgan fingerprint density at radius 3 is 2.55 bits per heavy atom. The second kappa shape index (κ2) is 8.00. The molecule has 0 aliphatic rings. The molecular formula is C16H26N2O2. The first kappa shape index (κ1) is 16.6. The molecular weight excluding hydrogens is 252 g/mol. The zero-order valence-corrected chi connectivity index (χ0v) is 13.0. The third kappa shape index (κ3) is 4.60. The number of nitrogens with one attached hydrogen (secondary N) is 1. The summed E-state index contributed by atoms with van der Waals surface area (Å²) in [6.07, 6.45) is 3.42. The van der Waals surface area contributed by atoms with Crippen LogP contribution in [0, 0.1) is 23.0 Å². The Balaban J connectivity index is 2.69. The van der Waals surface area contributed by atoms with E-state index in [0.29, 0.717) is 18.5 Å². The van der Waals surface area contributed by atoms with Gasteiger partial charge in [-0.1, -0.05) is 39.3 Å². The predicted molar refractivity (Wildman–Crippen MR) is 82.8 cm³/mol. The summed E-state index contributed by atoms with van der Waals surface area (Å²) in [5, 5.41) is 14.5. The Morgan fingerprint density at radius 2 is 2.00 bits per heavy atom. The maximum Gasteiger partial charge on any atom is 0.272 e. The molecule has 4 heteroatoms. The largest absolute Gasteiger partial charge is 0.310 e. The molecule has 20 heavy (non-hydrogen) atoms. The van der Waals surface area contributed by atoms with Gasteiger partial charge in [0.05, 0.1) is 4.92 Å². The van der Waals surface area contributed by atoms with Crippen LogP contribution >= 0.6 is 0 Å². The molecule has 0 aliphatic heterocycles. The molecule has 1 N–H and O–H groups in total. The summed E-state index contributed by atoms with van der Waals surface area (Å²) in [4.78, 5) is 10.6. The summed E-state index contributed by atoms with van der Waals surface area (Å²) >= 11 is 0. The molecule has 1 aromatic carbocycles. The van der Waals surface area contributed by atoms with E-state index in [4.69, 9.17) is 0 Å². The van der Waals surface area contributed by atoms with Crippen LogP contribution in [0.3, 0.4) is 0 Å². The van der Waals surface area contributed by atoms with Crippen molar-refractivity contribution in [2.45, 2.75) is 59.5 Å². The van der Waals surface area contributed by atoms with Crippen molar-refractivity contribution in [1.82, 2.24) is 5.32 Å². The average Bonchev–Trinajstić information content (AvgIpc) is 2.43. The number of hydrogen-bond donors (Lipinski definition) is 1. The van der Waals surface area contributed by atoms with E-state index in [1.54, 1.807) is 12.1 Å². The van der Waals surface area contributed by atoms with Crippen LogP contribution in [-0.2, 0) is 6.54 Å². The van der Waals surface area contributed by atoms with Gasteiger partial charge in [0, 0.05) is 24.2 Å². The maximum absolute atomic E-state index is 10.9. The number of nitro groups is 1. The Hall–Kier alpha value is -1.42. The van der Waals surface area contributed by atoms with Gasteiger partial charge in [-0.3, -0.25) is 10.1 Å². The summed E-state index contributed by atoms with van der Waals surface area (Å²) in [6.45, 7) is 9.18. The van der Waals surface area contributed by atoms with Crippen LogP contribution in [0.15, 0.2) is 18.2 Å². The minimum atomic E-state index is -0.310. The van der Waals surface area contributed by atoms with Crippen LogP contribution in [0.4, 0.5) is 5.69 Å². The van der Waals surface area contributed by atoms with E-state index in [0.717, 1.165) is 24.0 Å². The van der Waals surface area contributed by atoms with Gasteiger partial charge in [-0.25, -0.2) is 0 Å². The molecule has 2 unspecified atom stereocenters. The number of hydrogen-bond acceptors (Lipinski definition) is 3. The fraction of sp³-hybridized carbons (Fsp3) is 0.625. The molecule has 0 amide bonds. The van der Waals surface area contributed by atoms with Gasteiger partial charge in [0.25, 0.3) is 5.69 Å². The first-order chi connectivity index (χ1) is 9.49. The van der Waals surface area contributed by atoms with Crippen LogP contribution in [-0.4, -0.2) is 11.0 Å². The van der Waals surface area contributed by atoms with Crippen molar-refractivity contribution in [2.75, 3.05) is 0 Å². The summed E-state index contributed by atoms with van der Waals surface area (Å²) < 4.78 is 0. The van der Waals surface area contributed by atoms with E-state index in [2.05, 4.69) is 26.1 Å². The molecule has 0 spiro atoms. The molecule has 0 aliphatic carbocycles. The van der Waals surface area contributed by atoms with E-state index in [9.17, 15) is 10.1 Å². The molecule has 112 valence electrons. The minimum Gasteiger partial charge on any atom is -0.310 e. The van der Waals surface area contributed by atoms with Crippen molar-refractivity contribution in [3.05, 3.63) is 39.4 Å². The Morgan fingerprint density at radius 1 is 1.30 bits per heavy atom. The number of nitrogens with zero attached hydrogens (tertiary/aromatic N) is 1. The van der Waals surface area contributed by atoms with E-state index < -0.39 is 0 Å². The van der Waals surface area contributed by atoms with Gasteiger partial charge in [-0.2, -0.15) is 0 Å². The quantitative estimate of drug-likeness (QED) is 0.572. The normalized spacial score (nSPS) is 14.0. The van der Waals surface area contributed by atoms with E-state index in [-0.39, 0.29) is 10.6 Å². The predicted octanol–water partition coefficient (Wildman–Crippen LogP) is 4.21. The second-order valence-electron chi connectivity index (χ2n) is 5.55. The molecule has 0 bridgehead atoms. The van der Waals surface area contributed by atoms with Crippen LogP contribution in [0.1, 0.15) is 51.2 Å². The summed E-state index contributed by atoms with van der Waals surface area (Å²) in [5.74, 6) is 0.707. The van der Waals surface area contributed by atoms with Gasteiger partial charge in [0.1, 0.15) is 0 Å². The summed E-state index contributed by atoms with van der Waals surface area (Å²) in [5.41, 5.74) is 1.99. The molecule has 0 radical (unpaired) electrons. The van der Waals surface area contributed by atoms with E-state index in [1.807, 2.05) is 13.0 Å². The zero-order valence-electron chi connectivity index (χ0n) is 13.0. The van der Waals surface area contributed by atoms with Crippen LogP contribution in [0.25, 0.3) is 0 Å². The number of rotatable bonds is 8. The van der Waals surface area contributed by atoms with Crippen LogP contribution in [0.2, 0.25) is 0 Å². The third-order valence-corrected chi connectivity index (χ3v) is 4.07. The van der Waals surface area contributed by atoms with Gasteiger partial charge in [-0.15, -0.1) is 0 Å². The van der Waals surface area contributed by atoms with Crippen molar-refractivity contribution in [2.24, 2.45) is 5.92 Å². The number of nitro benzene ring substituents is 1. The fourth-order valence-corrected chi connectivity index (χ4v) is 2.36.